The quantitative estimate of drug-likeness (QED) is 0.706. The average molecular weight is 334 g/mol. The molecular weight excluding hydrogens is 316 g/mol. The Morgan fingerprint density at radius 2 is 2.00 bits per heavy atom. The van der Waals surface area contributed by atoms with Crippen LogP contribution >= 0.6 is 0 Å². The molecule has 1 aromatic carbocycles. The van der Waals surface area contributed by atoms with Gasteiger partial charge in [-0.25, -0.2) is 9.59 Å². The number of nitrogens with zero attached hydrogens (tertiary/aromatic N) is 2. The fourth-order valence-corrected chi connectivity index (χ4v) is 1.89. The topological polar surface area (TPSA) is 88.9 Å². The number of aromatic nitrogens is 2. The van der Waals surface area contributed by atoms with E-state index in [1.54, 1.807) is 24.1 Å². The van der Waals surface area contributed by atoms with Crippen molar-refractivity contribution in [2.24, 2.45) is 7.05 Å². The zero-order valence-corrected chi connectivity index (χ0v) is 13.6. The van der Waals surface area contributed by atoms with Crippen LogP contribution in [0.1, 0.15) is 15.9 Å². The molecule has 1 heterocycles. The molecule has 128 valence electrons. The highest BCUT2D eigenvalue weighted by Gasteiger charge is 2.14. The minimum Gasteiger partial charge on any atom is -0.493 e. The molecule has 0 unspecified atom stereocenters. The molecule has 0 bridgehead atoms. The van der Waals surface area contributed by atoms with Crippen LogP contribution in [0.3, 0.4) is 0 Å². The Hall–Kier alpha value is -3.03. The van der Waals surface area contributed by atoms with E-state index in [0.717, 1.165) is 5.56 Å². The zero-order chi connectivity index (χ0) is 17.5. The first-order chi connectivity index (χ1) is 11.5. The fraction of sp³-hybridized carbons (Fsp3) is 0.312. The molecule has 0 saturated heterocycles. The Bertz CT molecular complexity index is 725. The maximum absolute atomic E-state index is 12.1. The molecule has 0 atom stereocenters. The highest BCUT2D eigenvalue weighted by atomic mass is 16.6. The molecule has 0 aliphatic heterocycles. The monoisotopic (exact) mass is 334 g/mol. The maximum atomic E-state index is 12.1. The van der Waals surface area contributed by atoms with Gasteiger partial charge in [-0.3, -0.25) is 4.68 Å². The molecule has 0 amide bonds. The smallest absolute Gasteiger partial charge is 0.343 e. The fourth-order valence-electron chi connectivity index (χ4n) is 1.89. The lowest BCUT2D eigenvalue weighted by Crippen LogP contribution is -2.13. The van der Waals surface area contributed by atoms with Crippen LogP contribution in [-0.2, 0) is 27.9 Å². The highest BCUT2D eigenvalue weighted by Crippen LogP contribution is 2.28. The van der Waals surface area contributed by atoms with E-state index in [4.69, 9.17) is 14.2 Å². The molecule has 24 heavy (non-hydrogen) atoms. The Labute approximate surface area is 138 Å². The molecule has 2 aromatic rings. The van der Waals surface area contributed by atoms with Gasteiger partial charge in [-0.1, -0.05) is 0 Å². The first kappa shape index (κ1) is 17.3. The summed E-state index contributed by atoms with van der Waals surface area (Å²) in [7, 11) is 4.48. The van der Waals surface area contributed by atoms with E-state index in [0.29, 0.717) is 17.1 Å². The number of carbonyl (C=O) groups excluding carboxylic acids is 2. The van der Waals surface area contributed by atoms with Crippen LogP contribution in [0, 0.1) is 0 Å². The highest BCUT2D eigenvalue weighted by molar-refractivity contribution is 5.90. The second kappa shape index (κ2) is 8.00. The lowest BCUT2D eigenvalue weighted by atomic mass is 10.2. The van der Waals surface area contributed by atoms with Gasteiger partial charge in [-0.2, -0.15) is 5.10 Å². The molecule has 0 spiro atoms. The van der Waals surface area contributed by atoms with Crippen LogP contribution in [0.25, 0.3) is 0 Å². The van der Waals surface area contributed by atoms with Crippen molar-refractivity contribution in [1.82, 2.24) is 9.78 Å². The van der Waals surface area contributed by atoms with Crippen LogP contribution in [0.4, 0.5) is 0 Å². The van der Waals surface area contributed by atoms with E-state index in [-0.39, 0.29) is 13.2 Å². The van der Waals surface area contributed by atoms with Crippen molar-refractivity contribution >= 4 is 11.9 Å². The number of esters is 2. The van der Waals surface area contributed by atoms with Gasteiger partial charge in [0.15, 0.2) is 18.1 Å². The lowest BCUT2D eigenvalue weighted by molar-refractivity contribution is -0.142. The Kier molecular flexibility index (Phi) is 5.78. The van der Waals surface area contributed by atoms with Crippen molar-refractivity contribution < 1.29 is 28.5 Å². The van der Waals surface area contributed by atoms with E-state index >= 15 is 0 Å². The summed E-state index contributed by atoms with van der Waals surface area (Å²) in [6.45, 7) is -0.132. The van der Waals surface area contributed by atoms with Gasteiger partial charge in [0.1, 0.15) is 6.61 Å². The SMILES string of the molecule is COC(=O)COc1ccc(C(=O)OCc2cnn(C)c2)cc1OC. The molecule has 8 nitrogen and oxygen atoms in total. The third-order valence-corrected chi connectivity index (χ3v) is 3.10. The number of rotatable bonds is 7. The van der Waals surface area contributed by atoms with E-state index in [1.807, 2.05) is 0 Å². The van der Waals surface area contributed by atoms with Gasteiger partial charge in [0.2, 0.25) is 0 Å². The molecular formula is C16H18N2O6. The molecule has 2 rings (SSSR count). The van der Waals surface area contributed by atoms with Crippen LogP contribution in [0.15, 0.2) is 30.6 Å². The number of hydrogen-bond donors (Lipinski definition) is 0. The van der Waals surface area contributed by atoms with Crippen LogP contribution in [-0.4, -0.2) is 42.5 Å². The minimum absolute atomic E-state index is 0.121. The van der Waals surface area contributed by atoms with Crippen LogP contribution < -0.4 is 9.47 Å². The summed E-state index contributed by atoms with van der Waals surface area (Å²) in [5.41, 5.74) is 1.09. The molecule has 0 saturated carbocycles. The maximum Gasteiger partial charge on any atom is 0.343 e. The summed E-state index contributed by atoms with van der Waals surface area (Å²) in [5, 5.41) is 4.00. The van der Waals surface area contributed by atoms with Crippen molar-refractivity contribution in [2.75, 3.05) is 20.8 Å². The third-order valence-electron chi connectivity index (χ3n) is 3.10. The van der Waals surface area contributed by atoms with E-state index in [1.165, 1.54) is 32.4 Å². The summed E-state index contributed by atoms with van der Waals surface area (Å²) in [6.07, 6.45) is 3.38. The molecule has 0 radical (unpaired) electrons. The predicted octanol–water partition coefficient (Wildman–Crippen LogP) is 1.34. The number of methoxy groups -OCH3 is 2. The number of benzene rings is 1. The largest absolute Gasteiger partial charge is 0.493 e. The third kappa shape index (κ3) is 4.48. The van der Waals surface area contributed by atoms with Crippen LogP contribution in [0.5, 0.6) is 11.5 Å². The van der Waals surface area contributed by atoms with E-state index in [2.05, 4.69) is 9.84 Å². The summed E-state index contributed by atoms with van der Waals surface area (Å²) >= 11 is 0. The normalized spacial score (nSPS) is 10.1. The second-order valence-corrected chi connectivity index (χ2v) is 4.83. The van der Waals surface area contributed by atoms with E-state index in [9.17, 15) is 9.59 Å². The Balaban J connectivity index is 2.01. The van der Waals surface area contributed by atoms with Crippen molar-refractivity contribution in [3.05, 3.63) is 41.7 Å². The van der Waals surface area contributed by atoms with Gasteiger partial charge in [-0.15, -0.1) is 0 Å². The lowest BCUT2D eigenvalue weighted by Gasteiger charge is -2.11. The average Bonchev–Trinajstić information content (AvgIpc) is 3.02. The molecule has 0 fully saturated rings. The molecule has 0 aliphatic carbocycles. The second-order valence-electron chi connectivity index (χ2n) is 4.83. The van der Waals surface area contributed by atoms with Gasteiger partial charge < -0.3 is 18.9 Å². The predicted molar refractivity (Wildman–Crippen MR) is 82.8 cm³/mol. The molecule has 1 aromatic heterocycles. The van der Waals surface area contributed by atoms with Gasteiger partial charge in [0.25, 0.3) is 0 Å². The van der Waals surface area contributed by atoms with Gasteiger partial charge in [-0.05, 0) is 18.2 Å². The Morgan fingerprint density at radius 3 is 2.62 bits per heavy atom. The summed E-state index contributed by atoms with van der Waals surface area (Å²) in [4.78, 5) is 23.2. The summed E-state index contributed by atoms with van der Waals surface area (Å²) in [5.74, 6) is -0.380. The molecule has 8 heteroatoms. The van der Waals surface area contributed by atoms with Crippen molar-refractivity contribution in [2.45, 2.75) is 6.61 Å². The van der Waals surface area contributed by atoms with Crippen molar-refractivity contribution in [3.63, 3.8) is 0 Å². The number of ether oxygens (including phenoxy) is 4. The minimum atomic E-state index is -0.517. The Morgan fingerprint density at radius 1 is 1.21 bits per heavy atom. The van der Waals surface area contributed by atoms with Gasteiger partial charge >= 0.3 is 11.9 Å². The summed E-state index contributed by atoms with van der Waals surface area (Å²) in [6, 6.07) is 4.54. The van der Waals surface area contributed by atoms with Gasteiger partial charge in [0, 0.05) is 18.8 Å². The first-order valence-electron chi connectivity index (χ1n) is 7.05. The molecule has 0 N–H and O–H groups in total. The number of hydrogen-bond acceptors (Lipinski definition) is 7. The standard InChI is InChI=1S/C16H18N2O6/c1-18-8-11(7-17-18)9-24-16(20)12-4-5-13(14(6-12)21-2)23-10-15(19)22-3/h4-8H,9-10H2,1-3H3. The number of carbonyl (C=O) groups is 2. The zero-order valence-electron chi connectivity index (χ0n) is 13.6. The van der Waals surface area contributed by atoms with Crippen molar-refractivity contribution in [3.8, 4) is 11.5 Å². The molecule has 0 aliphatic rings. The van der Waals surface area contributed by atoms with Crippen LogP contribution in [0.2, 0.25) is 0 Å². The van der Waals surface area contributed by atoms with Crippen molar-refractivity contribution in [1.29, 1.82) is 0 Å². The van der Waals surface area contributed by atoms with Gasteiger partial charge in [0.05, 0.1) is 26.0 Å². The number of aryl methyl sites for hydroxylation is 1. The summed E-state index contributed by atoms with van der Waals surface area (Å²) < 4.78 is 21.8. The first-order valence-corrected chi connectivity index (χ1v) is 7.05. The van der Waals surface area contributed by atoms with E-state index < -0.39 is 11.9 Å².